The molecule has 1 fully saturated rings. The summed E-state index contributed by atoms with van der Waals surface area (Å²) >= 11 is 0. The molecule has 1 aromatic heterocycles. The number of ether oxygens (including phenoxy) is 2. The highest BCUT2D eigenvalue weighted by atomic mass is 16.5. The van der Waals surface area contributed by atoms with Gasteiger partial charge in [-0.05, 0) is 29.3 Å². The number of hydrogen-bond donors (Lipinski definition) is 3. The van der Waals surface area contributed by atoms with Crippen LogP contribution in [0.15, 0.2) is 42.7 Å². The fourth-order valence-electron chi connectivity index (χ4n) is 3.03. The standard InChI is InChI=1S/C18H24N4O2/c1-23-16-6-5-13(8-17(16)24-2)9-20-11-15-12-21-22-18(15)14-4-3-7-19-10-14/h3-8,10,15,18,20-22H,9,11-12H2,1-2H3. The second-order valence-electron chi connectivity index (χ2n) is 5.87. The second kappa shape index (κ2) is 8.10. The van der Waals surface area contributed by atoms with Gasteiger partial charge in [-0.1, -0.05) is 12.1 Å². The van der Waals surface area contributed by atoms with Crippen molar-refractivity contribution < 1.29 is 9.47 Å². The molecule has 0 bridgehead atoms. The maximum atomic E-state index is 5.35. The van der Waals surface area contributed by atoms with Crippen LogP contribution in [0.4, 0.5) is 0 Å². The molecule has 6 heteroatoms. The third-order valence-corrected chi connectivity index (χ3v) is 4.32. The summed E-state index contributed by atoms with van der Waals surface area (Å²) < 4.78 is 10.6. The van der Waals surface area contributed by atoms with Gasteiger partial charge in [0.05, 0.1) is 20.3 Å². The van der Waals surface area contributed by atoms with Gasteiger partial charge in [-0.3, -0.25) is 10.4 Å². The zero-order valence-electron chi connectivity index (χ0n) is 14.1. The molecule has 0 amide bonds. The van der Waals surface area contributed by atoms with Crippen molar-refractivity contribution in [2.45, 2.75) is 12.6 Å². The van der Waals surface area contributed by atoms with E-state index in [0.717, 1.165) is 31.1 Å². The van der Waals surface area contributed by atoms with Crippen LogP contribution in [0.2, 0.25) is 0 Å². The Labute approximate surface area is 142 Å². The molecule has 3 N–H and O–H groups in total. The zero-order valence-corrected chi connectivity index (χ0v) is 14.1. The molecule has 3 rings (SSSR count). The fourth-order valence-corrected chi connectivity index (χ4v) is 3.03. The summed E-state index contributed by atoms with van der Waals surface area (Å²) in [7, 11) is 3.30. The Morgan fingerprint density at radius 2 is 2.08 bits per heavy atom. The second-order valence-corrected chi connectivity index (χ2v) is 5.87. The average molecular weight is 328 g/mol. The Bertz CT molecular complexity index is 651. The minimum Gasteiger partial charge on any atom is -0.493 e. The number of hydrazine groups is 1. The van der Waals surface area contributed by atoms with Gasteiger partial charge in [0.25, 0.3) is 0 Å². The van der Waals surface area contributed by atoms with Crippen LogP contribution >= 0.6 is 0 Å². The van der Waals surface area contributed by atoms with Gasteiger partial charge in [0, 0.05) is 37.9 Å². The first-order valence-electron chi connectivity index (χ1n) is 8.11. The molecule has 6 nitrogen and oxygen atoms in total. The van der Waals surface area contributed by atoms with Crippen LogP contribution in [-0.4, -0.2) is 32.3 Å². The molecule has 2 heterocycles. The van der Waals surface area contributed by atoms with Gasteiger partial charge in [-0.2, -0.15) is 0 Å². The maximum Gasteiger partial charge on any atom is 0.161 e. The van der Waals surface area contributed by atoms with E-state index in [1.165, 1.54) is 11.1 Å². The summed E-state index contributed by atoms with van der Waals surface area (Å²) in [5.74, 6) is 1.98. The monoisotopic (exact) mass is 328 g/mol. The zero-order chi connectivity index (χ0) is 16.8. The number of nitrogens with zero attached hydrogens (tertiary/aromatic N) is 1. The molecule has 1 aliphatic rings. The van der Waals surface area contributed by atoms with Gasteiger partial charge >= 0.3 is 0 Å². The van der Waals surface area contributed by atoms with E-state index >= 15 is 0 Å². The van der Waals surface area contributed by atoms with Crippen LogP contribution in [-0.2, 0) is 6.54 Å². The van der Waals surface area contributed by atoms with Crippen LogP contribution in [0, 0.1) is 5.92 Å². The summed E-state index contributed by atoms with van der Waals surface area (Å²) in [6.07, 6.45) is 3.72. The Balaban J connectivity index is 1.56. The highest BCUT2D eigenvalue weighted by Gasteiger charge is 2.27. The number of nitrogens with one attached hydrogen (secondary N) is 3. The van der Waals surface area contributed by atoms with Crippen LogP contribution in [0.25, 0.3) is 0 Å². The van der Waals surface area contributed by atoms with Crippen molar-refractivity contribution >= 4 is 0 Å². The molecule has 2 unspecified atom stereocenters. The van der Waals surface area contributed by atoms with Crippen molar-refractivity contribution in [1.29, 1.82) is 0 Å². The molecule has 1 aromatic carbocycles. The lowest BCUT2D eigenvalue weighted by atomic mass is 9.96. The predicted octanol–water partition coefficient (Wildman–Crippen LogP) is 1.65. The lowest BCUT2D eigenvalue weighted by Crippen LogP contribution is -2.28. The van der Waals surface area contributed by atoms with Crippen molar-refractivity contribution in [1.82, 2.24) is 21.2 Å². The van der Waals surface area contributed by atoms with Crippen LogP contribution < -0.4 is 25.6 Å². The molecule has 1 aliphatic heterocycles. The van der Waals surface area contributed by atoms with Gasteiger partial charge in [0.2, 0.25) is 0 Å². The normalized spacial score (nSPS) is 20.1. The summed E-state index contributed by atoms with van der Waals surface area (Å²) in [4.78, 5) is 4.21. The fraction of sp³-hybridized carbons (Fsp3) is 0.389. The van der Waals surface area contributed by atoms with E-state index in [1.807, 2.05) is 24.4 Å². The number of aromatic nitrogens is 1. The Morgan fingerprint density at radius 1 is 1.21 bits per heavy atom. The van der Waals surface area contributed by atoms with Crippen molar-refractivity contribution in [3.63, 3.8) is 0 Å². The van der Waals surface area contributed by atoms with Crippen LogP contribution in [0.5, 0.6) is 11.5 Å². The summed E-state index contributed by atoms with van der Waals surface area (Å²) in [5.41, 5.74) is 8.97. The Kier molecular flexibility index (Phi) is 5.63. The Hall–Kier alpha value is -2.15. The number of benzene rings is 1. The molecule has 2 aromatic rings. The van der Waals surface area contributed by atoms with Gasteiger partial charge in [-0.25, -0.2) is 5.43 Å². The van der Waals surface area contributed by atoms with E-state index in [4.69, 9.17) is 9.47 Å². The predicted molar refractivity (Wildman–Crippen MR) is 92.9 cm³/mol. The minimum absolute atomic E-state index is 0.275. The van der Waals surface area contributed by atoms with E-state index < -0.39 is 0 Å². The molecular formula is C18H24N4O2. The van der Waals surface area contributed by atoms with Crippen molar-refractivity contribution in [3.05, 3.63) is 53.9 Å². The molecule has 128 valence electrons. The Morgan fingerprint density at radius 3 is 2.83 bits per heavy atom. The van der Waals surface area contributed by atoms with E-state index in [0.29, 0.717) is 5.92 Å². The van der Waals surface area contributed by atoms with E-state index in [-0.39, 0.29) is 6.04 Å². The first-order valence-corrected chi connectivity index (χ1v) is 8.11. The third kappa shape index (κ3) is 3.84. The highest BCUT2D eigenvalue weighted by Crippen LogP contribution is 2.28. The summed E-state index contributed by atoms with van der Waals surface area (Å²) in [6.45, 7) is 2.63. The summed E-state index contributed by atoms with van der Waals surface area (Å²) in [5, 5.41) is 3.54. The number of hydrogen-bond acceptors (Lipinski definition) is 6. The van der Waals surface area contributed by atoms with Crippen LogP contribution in [0.3, 0.4) is 0 Å². The average Bonchev–Trinajstić information content (AvgIpc) is 3.11. The molecular weight excluding hydrogens is 304 g/mol. The van der Waals surface area contributed by atoms with E-state index in [1.54, 1.807) is 20.4 Å². The minimum atomic E-state index is 0.275. The summed E-state index contributed by atoms with van der Waals surface area (Å²) in [6, 6.07) is 10.4. The topological polar surface area (TPSA) is 67.4 Å². The van der Waals surface area contributed by atoms with Crippen molar-refractivity contribution in [2.75, 3.05) is 27.3 Å². The van der Waals surface area contributed by atoms with Gasteiger partial charge in [0.15, 0.2) is 11.5 Å². The van der Waals surface area contributed by atoms with Crippen molar-refractivity contribution in [2.24, 2.45) is 5.92 Å². The van der Waals surface area contributed by atoms with E-state index in [2.05, 4.69) is 33.3 Å². The molecule has 2 atom stereocenters. The highest BCUT2D eigenvalue weighted by molar-refractivity contribution is 5.42. The first-order chi connectivity index (χ1) is 11.8. The number of rotatable bonds is 7. The molecule has 0 spiro atoms. The van der Waals surface area contributed by atoms with Gasteiger partial charge in [0.1, 0.15) is 0 Å². The quantitative estimate of drug-likeness (QED) is 0.718. The van der Waals surface area contributed by atoms with Crippen LogP contribution in [0.1, 0.15) is 17.2 Å². The molecule has 0 aliphatic carbocycles. The lowest BCUT2D eigenvalue weighted by Gasteiger charge is -2.19. The SMILES string of the molecule is COc1ccc(CNCC2CNNC2c2cccnc2)cc1OC. The van der Waals surface area contributed by atoms with Gasteiger partial charge < -0.3 is 14.8 Å². The lowest BCUT2D eigenvalue weighted by molar-refractivity contribution is 0.354. The van der Waals surface area contributed by atoms with E-state index in [9.17, 15) is 0 Å². The number of methoxy groups -OCH3 is 2. The van der Waals surface area contributed by atoms with Gasteiger partial charge in [-0.15, -0.1) is 0 Å². The third-order valence-electron chi connectivity index (χ3n) is 4.32. The molecule has 1 saturated heterocycles. The van der Waals surface area contributed by atoms with Crippen molar-refractivity contribution in [3.8, 4) is 11.5 Å². The maximum absolute atomic E-state index is 5.35. The molecule has 24 heavy (non-hydrogen) atoms. The number of pyridine rings is 1. The smallest absolute Gasteiger partial charge is 0.161 e. The molecule has 0 radical (unpaired) electrons. The molecule has 0 saturated carbocycles. The first kappa shape index (κ1) is 16.7. The largest absolute Gasteiger partial charge is 0.493 e.